The molecule has 0 radical (unpaired) electrons. The van der Waals surface area contributed by atoms with Gasteiger partial charge in [0.2, 0.25) is 11.7 Å². The number of hydrogen-bond acceptors (Lipinski definition) is 4. The Morgan fingerprint density at radius 2 is 2.06 bits per heavy atom. The highest BCUT2D eigenvalue weighted by atomic mass is 35.5. The molecule has 0 saturated heterocycles. The van der Waals surface area contributed by atoms with Crippen molar-refractivity contribution in [1.82, 2.24) is 10.1 Å². The molecule has 0 saturated carbocycles. The minimum Gasteiger partial charge on any atom is -0.339 e. The van der Waals surface area contributed by atoms with Gasteiger partial charge < -0.3 is 10.3 Å². The molecule has 4 nitrogen and oxygen atoms in total. The number of nitrogens with two attached hydrogens (primary N) is 1. The summed E-state index contributed by atoms with van der Waals surface area (Å²) in [6.07, 6.45) is 1.54. The van der Waals surface area contributed by atoms with E-state index in [4.69, 9.17) is 21.9 Å². The van der Waals surface area contributed by atoms with Crippen LogP contribution < -0.4 is 5.73 Å². The fourth-order valence-electron chi connectivity index (χ4n) is 1.36. The van der Waals surface area contributed by atoms with E-state index in [0.717, 1.165) is 12.0 Å². The van der Waals surface area contributed by atoms with Crippen LogP contribution in [0.15, 0.2) is 28.8 Å². The minimum absolute atomic E-state index is 0. The van der Waals surface area contributed by atoms with Crippen molar-refractivity contribution in [1.29, 1.82) is 0 Å². The lowest BCUT2D eigenvalue weighted by Gasteiger charge is -1.95. The third kappa shape index (κ3) is 3.43. The van der Waals surface area contributed by atoms with Gasteiger partial charge in [-0.25, -0.2) is 0 Å². The highest BCUT2D eigenvalue weighted by molar-refractivity contribution is 6.33. The van der Waals surface area contributed by atoms with E-state index < -0.39 is 0 Å². The number of halogens is 2. The molecular formula is C11H13Cl2N3O. The van der Waals surface area contributed by atoms with Crippen molar-refractivity contribution < 1.29 is 4.52 Å². The first-order chi connectivity index (χ1) is 7.81. The Hall–Kier alpha value is -1.10. The van der Waals surface area contributed by atoms with Crippen LogP contribution in [0.3, 0.4) is 0 Å². The lowest BCUT2D eigenvalue weighted by Crippen LogP contribution is -2.00. The summed E-state index contributed by atoms with van der Waals surface area (Å²) in [5, 5.41) is 4.51. The van der Waals surface area contributed by atoms with Gasteiger partial charge in [-0.1, -0.05) is 28.9 Å². The Bertz CT molecular complexity index is 473. The predicted molar refractivity (Wildman–Crippen MR) is 69.4 cm³/mol. The summed E-state index contributed by atoms with van der Waals surface area (Å²) in [4.78, 5) is 4.26. The smallest absolute Gasteiger partial charge is 0.227 e. The highest BCUT2D eigenvalue weighted by Crippen LogP contribution is 2.24. The first-order valence-electron chi connectivity index (χ1n) is 5.09. The summed E-state index contributed by atoms with van der Waals surface area (Å²) in [7, 11) is 0. The zero-order valence-electron chi connectivity index (χ0n) is 9.10. The number of rotatable bonds is 4. The first kappa shape index (κ1) is 14.0. The van der Waals surface area contributed by atoms with Crippen LogP contribution in [0.1, 0.15) is 12.3 Å². The van der Waals surface area contributed by atoms with Gasteiger partial charge in [0.1, 0.15) is 0 Å². The third-order valence-corrected chi connectivity index (χ3v) is 2.51. The Morgan fingerprint density at radius 1 is 1.29 bits per heavy atom. The second kappa shape index (κ2) is 6.59. The molecule has 1 aromatic heterocycles. The van der Waals surface area contributed by atoms with Gasteiger partial charge in [-0.2, -0.15) is 4.98 Å². The van der Waals surface area contributed by atoms with Crippen LogP contribution in [-0.4, -0.2) is 16.7 Å². The van der Waals surface area contributed by atoms with E-state index >= 15 is 0 Å². The normalized spacial score (nSPS) is 10.0. The molecule has 0 aliphatic rings. The number of hydrogen-bond donors (Lipinski definition) is 1. The maximum absolute atomic E-state index is 6.03. The molecule has 0 atom stereocenters. The maximum atomic E-state index is 6.03. The number of benzene rings is 1. The van der Waals surface area contributed by atoms with E-state index in [1.165, 1.54) is 0 Å². The second-order valence-electron chi connectivity index (χ2n) is 3.38. The fourth-order valence-corrected chi connectivity index (χ4v) is 1.58. The van der Waals surface area contributed by atoms with Gasteiger partial charge in [0.05, 0.1) is 5.02 Å². The van der Waals surface area contributed by atoms with Gasteiger partial charge in [-0.15, -0.1) is 12.4 Å². The summed E-state index contributed by atoms with van der Waals surface area (Å²) in [5.41, 5.74) is 6.19. The van der Waals surface area contributed by atoms with E-state index in [-0.39, 0.29) is 12.4 Å². The van der Waals surface area contributed by atoms with Crippen LogP contribution in [0.5, 0.6) is 0 Å². The summed E-state index contributed by atoms with van der Waals surface area (Å²) in [6.45, 7) is 0.615. The lowest BCUT2D eigenvalue weighted by atomic mass is 10.2. The molecule has 2 rings (SSSR count). The van der Waals surface area contributed by atoms with Crippen molar-refractivity contribution in [3.63, 3.8) is 0 Å². The molecule has 0 aliphatic carbocycles. The Morgan fingerprint density at radius 3 is 2.76 bits per heavy atom. The summed E-state index contributed by atoms with van der Waals surface area (Å²) in [6, 6.07) is 7.41. The second-order valence-corrected chi connectivity index (χ2v) is 3.79. The molecule has 0 fully saturated rings. The van der Waals surface area contributed by atoms with Crippen LogP contribution in [0, 0.1) is 0 Å². The quantitative estimate of drug-likeness (QED) is 0.930. The standard InChI is InChI=1S/C11H12ClN3O.ClH/c12-9-5-2-1-4-8(9)11-14-10(16-15-11)6-3-7-13;/h1-2,4-5H,3,6-7,13H2;1H. The zero-order valence-corrected chi connectivity index (χ0v) is 10.7. The Balaban J connectivity index is 0.00000144. The SMILES string of the molecule is Cl.NCCCc1nc(-c2ccccc2Cl)no1. The van der Waals surface area contributed by atoms with E-state index in [1.54, 1.807) is 6.07 Å². The molecule has 0 aliphatic heterocycles. The summed E-state index contributed by atoms with van der Waals surface area (Å²) in [5.74, 6) is 1.12. The summed E-state index contributed by atoms with van der Waals surface area (Å²) >= 11 is 6.03. The molecule has 2 N–H and O–H groups in total. The fraction of sp³-hybridized carbons (Fsp3) is 0.273. The molecule has 6 heteroatoms. The average molecular weight is 274 g/mol. The maximum Gasteiger partial charge on any atom is 0.227 e. The van der Waals surface area contributed by atoms with Crippen molar-refractivity contribution in [3.8, 4) is 11.4 Å². The first-order valence-corrected chi connectivity index (χ1v) is 5.46. The summed E-state index contributed by atoms with van der Waals surface area (Å²) < 4.78 is 5.10. The van der Waals surface area contributed by atoms with Crippen LogP contribution in [-0.2, 0) is 6.42 Å². The van der Waals surface area contributed by atoms with Gasteiger partial charge in [0, 0.05) is 12.0 Å². The third-order valence-electron chi connectivity index (χ3n) is 2.18. The Kier molecular flexibility index (Phi) is 5.41. The largest absolute Gasteiger partial charge is 0.339 e. The van der Waals surface area contributed by atoms with Crippen molar-refractivity contribution in [3.05, 3.63) is 35.2 Å². The van der Waals surface area contributed by atoms with Gasteiger partial charge in [-0.3, -0.25) is 0 Å². The number of nitrogens with zero attached hydrogens (tertiary/aromatic N) is 2. The van der Waals surface area contributed by atoms with Gasteiger partial charge in [0.15, 0.2) is 0 Å². The lowest BCUT2D eigenvalue weighted by molar-refractivity contribution is 0.376. The van der Waals surface area contributed by atoms with Crippen LogP contribution in [0.4, 0.5) is 0 Å². The molecule has 1 aromatic carbocycles. The average Bonchev–Trinajstić information content (AvgIpc) is 2.75. The van der Waals surface area contributed by atoms with E-state index in [9.17, 15) is 0 Å². The van der Waals surface area contributed by atoms with Crippen molar-refractivity contribution in [2.75, 3.05) is 6.54 Å². The molecular weight excluding hydrogens is 261 g/mol. The predicted octanol–water partition coefficient (Wildman–Crippen LogP) is 2.70. The van der Waals surface area contributed by atoms with Crippen LogP contribution >= 0.6 is 24.0 Å². The molecule has 1 heterocycles. The van der Waals surface area contributed by atoms with Crippen molar-refractivity contribution in [2.24, 2.45) is 5.73 Å². The molecule has 92 valence electrons. The highest BCUT2D eigenvalue weighted by Gasteiger charge is 2.10. The van der Waals surface area contributed by atoms with Gasteiger partial charge >= 0.3 is 0 Å². The van der Waals surface area contributed by atoms with E-state index in [2.05, 4.69) is 10.1 Å². The van der Waals surface area contributed by atoms with Gasteiger partial charge in [0.25, 0.3) is 0 Å². The van der Waals surface area contributed by atoms with Crippen molar-refractivity contribution >= 4 is 24.0 Å². The minimum atomic E-state index is 0. The van der Waals surface area contributed by atoms with E-state index in [1.807, 2.05) is 18.2 Å². The molecule has 17 heavy (non-hydrogen) atoms. The Labute approximate surface area is 111 Å². The number of aryl methyl sites for hydroxylation is 1. The van der Waals surface area contributed by atoms with Crippen LogP contribution in [0.2, 0.25) is 5.02 Å². The monoisotopic (exact) mass is 273 g/mol. The van der Waals surface area contributed by atoms with Gasteiger partial charge in [-0.05, 0) is 25.1 Å². The molecule has 0 amide bonds. The topological polar surface area (TPSA) is 64.9 Å². The molecule has 0 unspecified atom stereocenters. The molecule has 2 aromatic rings. The molecule has 0 spiro atoms. The zero-order chi connectivity index (χ0) is 11.4. The van der Waals surface area contributed by atoms with Crippen LogP contribution in [0.25, 0.3) is 11.4 Å². The van der Waals surface area contributed by atoms with E-state index in [0.29, 0.717) is 29.7 Å². The number of aromatic nitrogens is 2. The molecule has 0 bridgehead atoms. The van der Waals surface area contributed by atoms with Crippen molar-refractivity contribution in [2.45, 2.75) is 12.8 Å².